The summed E-state index contributed by atoms with van der Waals surface area (Å²) >= 11 is 1.45. The zero-order chi connectivity index (χ0) is 23.2. The van der Waals surface area contributed by atoms with E-state index in [1.807, 2.05) is 73.7 Å². The highest BCUT2D eigenvalue weighted by Crippen LogP contribution is 2.41. The fraction of sp³-hybridized carbons (Fsp3) is 0.0741. The van der Waals surface area contributed by atoms with Crippen molar-refractivity contribution in [1.29, 1.82) is 0 Å². The van der Waals surface area contributed by atoms with Crippen molar-refractivity contribution in [2.24, 2.45) is 4.99 Å². The third-order valence-corrected chi connectivity index (χ3v) is 6.82. The van der Waals surface area contributed by atoms with Gasteiger partial charge in [-0.15, -0.1) is 0 Å². The minimum atomic E-state index is -0.285. The van der Waals surface area contributed by atoms with Gasteiger partial charge in [-0.05, 0) is 37.3 Å². The normalized spacial score (nSPS) is 12.5. The van der Waals surface area contributed by atoms with Gasteiger partial charge in [0, 0.05) is 22.6 Å². The molecule has 3 heterocycles. The largest absolute Gasteiger partial charge is 0.494 e. The van der Waals surface area contributed by atoms with E-state index in [2.05, 4.69) is 4.99 Å². The number of benzene rings is 3. The fourth-order valence-electron chi connectivity index (χ4n) is 4.18. The van der Waals surface area contributed by atoms with Crippen LogP contribution in [0.25, 0.3) is 27.7 Å². The first-order valence-electron chi connectivity index (χ1n) is 10.8. The standard InChI is InChI=1S/C27H19N3O3S/c1-16-10-12-17(13-11-16)30-25(31)19-7-3-2-6-18(19)21(26(30)32)14-28-27-29-24-20-8-4-5-9-22(20)33-15-23(24)34-27/h2-14,32H,15H2,1H3/b28-14+. The molecule has 1 aliphatic rings. The minimum Gasteiger partial charge on any atom is -0.494 e. The van der Waals surface area contributed by atoms with Crippen molar-refractivity contribution in [2.75, 3.05) is 0 Å². The molecule has 0 bridgehead atoms. The highest BCUT2D eigenvalue weighted by atomic mass is 32.1. The van der Waals surface area contributed by atoms with Gasteiger partial charge in [0.1, 0.15) is 12.4 Å². The number of aromatic hydroxyl groups is 1. The van der Waals surface area contributed by atoms with Gasteiger partial charge in [-0.25, -0.2) is 14.5 Å². The molecule has 0 saturated carbocycles. The Balaban J connectivity index is 1.49. The Bertz CT molecular complexity index is 1650. The molecule has 34 heavy (non-hydrogen) atoms. The Morgan fingerprint density at radius 2 is 1.76 bits per heavy atom. The van der Waals surface area contributed by atoms with Gasteiger partial charge in [0.05, 0.1) is 21.8 Å². The lowest BCUT2D eigenvalue weighted by atomic mass is 10.1. The average molecular weight is 466 g/mol. The van der Waals surface area contributed by atoms with E-state index in [-0.39, 0.29) is 11.4 Å². The van der Waals surface area contributed by atoms with Crippen molar-refractivity contribution in [3.63, 3.8) is 0 Å². The number of nitrogens with zero attached hydrogens (tertiary/aromatic N) is 3. The molecule has 0 aliphatic carbocycles. The lowest BCUT2D eigenvalue weighted by molar-refractivity contribution is 0.305. The predicted octanol–water partition coefficient (Wildman–Crippen LogP) is 5.77. The lowest BCUT2D eigenvalue weighted by Gasteiger charge is -2.15. The van der Waals surface area contributed by atoms with Crippen molar-refractivity contribution >= 4 is 33.5 Å². The first kappa shape index (κ1) is 20.4. The monoisotopic (exact) mass is 465 g/mol. The summed E-state index contributed by atoms with van der Waals surface area (Å²) in [6.07, 6.45) is 1.58. The Hall–Kier alpha value is -4.23. The van der Waals surface area contributed by atoms with E-state index in [4.69, 9.17) is 9.72 Å². The molecular formula is C27H19N3O3S. The van der Waals surface area contributed by atoms with Gasteiger partial charge >= 0.3 is 0 Å². The van der Waals surface area contributed by atoms with Crippen LogP contribution in [-0.4, -0.2) is 20.9 Å². The van der Waals surface area contributed by atoms with Gasteiger partial charge in [0.15, 0.2) is 0 Å². The third-order valence-electron chi connectivity index (χ3n) is 5.89. The SMILES string of the molecule is Cc1ccc(-n2c(O)c(/C=N/c3nc4c(s3)COc3ccccc3-4)c3ccccc3c2=O)cc1. The maximum absolute atomic E-state index is 13.2. The van der Waals surface area contributed by atoms with Crippen LogP contribution in [0.2, 0.25) is 0 Å². The van der Waals surface area contributed by atoms with Crippen molar-refractivity contribution < 1.29 is 9.84 Å². The molecule has 6 nitrogen and oxygen atoms in total. The van der Waals surface area contributed by atoms with Crippen molar-refractivity contribution in [1.82, 2.24) is 9.55 Å². The van der Waals surface area contributed by atoms with E-state index >= 15 is 0 Å². The third kappa shape index (κ3) is 3.29. The number of aryl methyl sites for hydroxylation is 1. The van der Waals surface area contributed by atoms with Gasteiger partial charge in [0.25, 0.3) is 5.56 Å². The molecule has 1 aliphatic heterocycles. The molecule has 0 fully saturated rings. The van der Waals surface area contributed by atoms with E-state index in [1.165, 1.54) is 15.9 Å². The van der Waals surface area contributed by atoms with Crippen LogP contribution >= 0.6 is 11.3 Å². The molecule has 0 spiro atoms. The molecule has 5 aromatic rings. The highest BCUT2D eigenvalue weighted by Gasteiger charge is 2.22. The van der Waals surface area contributed by atoms with Crippen LogP contribution in [0.1, 0.15) is 16.0 Å². The minimum absolute atomic E-state index is 0.161. The fourth-order valence-corrected chi connectivity index (χ4v) is 5.01. The number of rotatable bonds is 3. The number of fused-ring (bicyclic) bond motifs is 4. The number of aliphatic imine (C=N–C) groups is 1. The summed E-state index contributed by atoms with van der Waals surface area (Å²) in [7, 11) is 0. The summed E-state index contributed by atoms with van der Waals surface area (Å²) in [5.74, 6) is 0.649. The molecule has 166 valence electrons. The molecule has 6 rings (SSSR count). The number of para-hydroxylation sites is 1. The van der Waals surface area contributed by atoms with Crippen LogP contribution in [-0.2, 0) is 6.61 Å². The first-order chi connectivity index (χ1) is 16.6. The summed E-state index contributed by atoms with van der Waals surface area (Å²) in [6.45, 7) is 2.42. The van der Waals surface area contributed by atoms with Gasteiger partial charge in [-0.3, -0.25) is 4.79 Å². The van der Waals surface area contributed by atoms with Crippen LogP contribution in [0.3, 0.4) is 0 Å². The Kier molecular flexibility index (Phi) is 4.78. The van der Waals surface area contributed by atoms with Crippen LogP contribution in [0.5, 0.6) is 11.6 Å². The summed E-state index contributed by atoms with van der Waals surface area (Å²) in [5.41, 5.74) is 3.65. The van der Waals surface area contributed by atoms with Gasteiger partial charge in [-0.1, -0.05) is 59.4 Å². The van der Waals surface area contributed by atoms with E-state index in [0.717, 1.165) is 27.4 Å². The summed E-state index contributed by atoms with van der Waals surface area (Å²) in [6, 6.07) is 22.5. The molecule has 2 aromatic heterocycles. The van der Waals surface area contributed by atoms with E-state index in [0.29, 0.717) is 33.8 Å². The van der Waals surface area contributed by atoms with Crippen LogP contribution in [0.15, 0.2) is 82.6 Å². The lowest BCUT2D eigenvalue weighted by Crippen LogP contribution is -2.20. The number of pyridine rings is 1. The van der Waals surface area contributed by atoms with Gasteiger partial charge in [0.2, 0.25) is 11.0 Å². The second-order valence-corrected chi connectivity index (χ2v) is 9.13. The Morgan fingerprint density at radius 1 is 1.03 bits per heavy atom. The van der Waals surface area contributed by atoms with Crippen molar-refractivity contribution in [3.8, 4) is 28.6 Å². The number of aromatic nitrogens is 2. The van der Waals surface area contributed by atoms with Crippen LogP contribution < -0.4 is 10.3 Å². The molecule has 1 N–H and O–H groups in total. The number of hydrogen-bond donors (Lipinski definition) is 1. The van der Waals surface area contributed by atoms with Gasteiger partial charge in [-0.2, -0.15) is 0 Å². The molecule has 0 radical (unpaired) electrons. The molecule has 0 atom stereocenters. The van der Waals surface area contributed by atoms with Crippen molar-refractivity contribution in [2.45, 2.75) is 13.5 Å². The first-order valence-corrected chi connectivity index (χ1v) is 11.6. The van der Waals surface area contributed by atoms with Crippen molar-refractivity contribution in [3.05, 3.63) is 99.2 Å². The van der Waals surface area contributed by atoms with E-state index in [9.17, 15) is 9.90 Å². The molecule has 0 saturated heterocycles. The second kappa shape index (κ2) is 7.97. The zero-order valence-corrected chi connectivity index (χ0v) is 19.0. The van der Waals surface area contributed by atoms with Crippen LogP contribution in [0, 0.1) is 6.92 Å². The molecule has 3 aromatic carbocycles. The predicted molar refractivity (Wildman–Crippen MR) is 135 cm³/mol. The average Bonchev–Trinajstić information content (AvgIpc) is 3.29. The molecule has 0 amide bonds. The Labute approximate surface area is 199 Å². The number of hydrogen-bond acceptors (Lipinski definition) is 6. The highest BCUT2D eigenvalue weighted by molar-refractivity contribution is 7.15. The molecular weight excluding hydrogens is 446 g/mol. The maximum atomic E-state index is 13.2. The summed E-state index contributed by atoms with van der Waals surface area (Å²) in [5, 5.41) is 12.9. The summed E-state index contributed by atoms with van der Waals surface area (Å²) < 4.78 is 7.15. The quantitative estimate of drug-likeness (QED) is 0.343. The number of thiazole rings is 1. The summed E-state index contributed by atoms with van der Waals surface area (Å²) in [4.78, 5) is 23.6. The smallest absolute Gasteiger partial charge is 0.265 e. The zero-order valence-electron chi connectivity index (χ0n) is 18.2. The van der Waals surface area contributed by atoms with Gasteiger partial charge < -0.3 is 9.84 Å². The Morgan fingerprint density at radius 3 is 2.59 bits per heavy atom. The maximum Gasteiger partial charge on any atom is 0.265 e. The molecule has 7 heteroatoms. The van der Waals surface area contributed by atoms with Crippen LogP contribution in [0.4, 0.5) is 5.13 Å². The second-order valence-electron chi connectivity index (χ2n) is 8.07. The topological polar surface area (TPSA) is 76.7 Å². The molecule has 0 unspecified atom stereocenters. The van der Waals surface area contributed by atoms with E-state index < -0.39 is 0 Å². The van der Waals surface area contributed by atoms with E-state index in [1.54, 1.807) is 12.3 Å². The number of ether oxygens (including phenoxy) is 1.